The number of methoxy groups -OCH3 is 1. The Hall–Kier alpha value is -2.55. The highest BCUT2D eigenvalue weighted by Gasteiger charge is 2.33. The molecule has 0 radical (unpaired) electrons. The third-order valence-electron chi connectivity index (χ3n) is 3.13. The average Bonchev–Trinajstić information content (AvgIpc) is 2.74. The van der Waals surface area contributed by atoms with E-state index in [9.17, 15) is 22.8 Å². The number of aliphatic hydroxyl groups excluding tert-OH is 1. The number of anilines is 1. The Morgan fingerprint density at radius 2 is 2.00 bits per heavy atom. The molecule has 1 aromatic carbocycles. The molecule has 0 fully saturated rings. The number of carbonyl (C=O) groups is 2. The van der Waals surface area contributed by atoms with E-state index in [0.717, 1.165) is 29.2 Å². The van der Waals surface area contributed by atoms with E-state index in [1.807, 2.05) is 0 Å². The van der Waals surface area contributed by atoms with E-state index in [0.29, 0.717) is 0 Å². The highest BCUT2D eigenvalue weighted by Crippen LogP contribution is 2.35. The fourth-order valence-corrected chi connectivity index (χ4v) is 2.04. The number of halogens is 3. The molecule has 0 unspecified atom stereocenters. The van der Waals surface area contributed by atoms with E-state index >= 15 is 0 Å². The van der Waals surface area contributed by atoms with Gasteiger partial charge in [0.15, 0.2) is 0 Å². The minimum atomic E-state index is -4.56. The van der Waals surface area contributed by atoms with Crippen LogP contribution in [0, 0.1) is 0 Å². The van der Waals surface area contributed by atoms with Gasteiger partial charge >= 0.3 is 6.18 Å². The van der Waals surface area contributed by atoms with Gasteiger partial charge in [0.2, 0.25) is 0 Å². The van der Waals surface area contributed by atoms with Gasteiger partial charge in [-0.25, -0.2) is 0 Å². The Balaban J connectivity index is 2.31. The number of alkyl halides is 3. The number of rotatable bonds is 5. The van der Waals surface area contributed by atoms with Crippen molar-refractivity contribution in [1.29, 1.82) is 0 Å². The average molecular weight is 330 g/mol. The number of hydrogen-bond donors (Lipinski definition) is 2. The van der Waals surface area contributed by atoms with Crippen molar-refractivity contribution >= 4 is 17.5 Å². The molecule has 0 spiro atoms. The molecule has 1 aromatic rings. The third kappa shape index (κ3) is 3.45. The Morgan fingerprint density at radius 3 is 2.57 bits per heavy atom. The van der Waals surface area contributed by atoms with Gasteiger partial charge in [0, 0.05) is 6.08 Å². The van der Waals surface area contributed by atoms with Gasteiger partial charge in [-0.05, 0) is 18.2 Å². The minimum Gasteiger partial charge on any atom is -0.495 e. The zero-order valence-electron chi connectivity index (χ0n) is 12.0. The maximum absolute atomic E-state index is 12.8. The van der Waals surface area contributed by atoms with Crippen LogP contribution in [0.2, 0.25) is 0 Å². The molecule has 0 bridgehead atoms. The van der Waals surface area contributed by atoms with Gasteiger partial charge in [0.1, 0.15) is 11.4 Å². The summed E-state index contributed by atoms with van der Waals surface area (Å²) in [5, 5.41) is 11.3. The van der Waals surface area contributed by atoms with Crippen LogP contribution < -0.4 is 10.1 Å². The number of nitrogens with one attached hydrogen (secondary N) is 1. The molecule has 124 valence electrons. The first-order chi connectivity index (χ1) is 10.8. The highest BCUT2D eigenvalue weighted by atomic mass is 19.4. The van der Waals surface area contributed by atoms with Crippen LogP contribution in [0.15, 0.2) is 30.0 Å². The molecule has 0 aliphatic carbocycles. The molecule has 1 heterocycles. The topological polar surface area (TPSA) is 78.9 Å². The Bertz CT molecular complexity index is 670. The van der Waals surface area contributed by atoms with Crippen LogP contribution in [0.5, 0.6) is 5.75 Å². The van der Waals surface area contributed by atoms with Crippen molar-refractivity contribution in [3.05, 3.63) is 35.5 Å². The lowest BCUT2D eigenvalue weighted by Gasteiger charge is -2.16. The lowest BCUT2D eigenvalue weighted by atomic mass is 10.1. The summed E-state index contributed by atoms with van der Waals surface area (Å²) in [6, 6.07) is 2.74. The molecular formula is C14H13F3N2O4. The Kier molecular flexibility index (Phi) is 4.60. The number of carbonyl (C=O) groups excluding carboxylic acids is 2. The molecule has 1 aliphatic heterocycles. The first kappa shape index (κ1) is 16.8. The fourth-order valence-electron chi connectivity index (χ4n) is 2.04. The van der Waals surface area contributed by atoms with Gasteiger partial charge in [-0.3, -0.25) is 14.5 Å². The van der Waals surface area contributed by atoms with Crippen molar-refractivity contribution in [3.8, 4) is 5.75 Å². The van der Waals surface area contributed by atoms with Crippen molar-refractivity contribution in [3.63, 3.8) is 0 Å². The largest absolute Gasteiger partial charge is 0.495 e. The number of imide groups is 1. The van der Waals surface area contributed by atoms with E-state index < -0.39 is 30.2 Å². The number of benzene rings is 1. The van der Waals surface area contributed by atoms with Crippen LogP contribution in [0.1, 0.15) is 5.56 Å². The summed E-state index contributed by atoms with van der Waals surface area (Å²) in [5.41, 5.74) is -1.22. The summed E-state index contributed by atoms with van der Waals surface area (Å²) in [5.74, 6) is -1.30. The van der Waals surface area contributed by atoms with Crippen molar-refractivity contribution in [2.75, 3.05) is 25.6 Å². The van der Waals surface area contributed by atoms with Gasteiger partial charge in [0.05, 0.1) is 31.5 Å². The zero-order valence-corrected chi connectivity index (χ0v) is 12.0. The standard InChI is InChI=1S/C14H13F3N2O4/c1-23-11-3-2-8(14(15,16)17)6-9(11)18-10-7-12(21)19(4-5-20)13(10)22/h2-3,6-7,18,20H,4-5H2,1H3. The third-order valence-corrected chi connectivity index (χ3v) is 3.13. The van der Waals surface area contributed by atoms with Crippen molar-refractivity contribution in [2.24, 2.45) is 0 Å². The quantitative estimate of drug-likeness (QED) is 0.797. The highest BCUT2D eigenvalue weighted by molar-refractivity contribution is 6.17. The van der Waals surface area contributed by atoms with Crippen LogP contribution in [-0.4, -0.2) is 42.1 Å². The SMILES string of the molecule is COc1ccc(C(F)(F)F)cc1NC1=CC(=O)N(CCO)C1=O. The lowest BCUT2D eigenvalue weighted by Crippen LogP contribution is -2.34. The number of β-amino-alcohol motifs (C(OH)–C–C–N with tert-alkyl or cyclic N) is 1. The second kappa shape index (κ2) is 6.29. The summed E-state index contributed by atoms with van der Waals surface area (Å²) in [6.45, 7) is -0.607. The van der Waals surface area contributed by atoms with E-state index in [4.69, 9.17) is 9.84 Å². The smallest absolute Gasteiger partial charge is 0.416 e. The van der Waals surface area contributed by atoms with E-state index in [1.165, 1.54) is 7.11 Å². The van der Waals surface area contributed by atoms with E-state index in [2.05, 4.69) is 5.32 Å². The van der Waals surface area contributed by atoms with Crippen molar-refractivity contribution < 1.29 is 32.6 Å². The Labute approximate surface area is 129 Å². The van der Waals surface area contributed by atoms with E-state index in [1.54, 1.807) is 0 Å². The number of ether oxygens (including phenoxy) is 1. The summed E-state index contributed by atoms with van der Waals surface area (Å²) in [6.07, 6.45) is -3.60. The van der Waals surface area contributed by atoms with Gasteiger partial charge in [-0.1, -0.05) is 0 Å². The normalized spacial score (nSPS) is 15.0. The second-order valence-corrected chi connectivity index (χ2v) is 4.61. The van der Waals surface area contributed by atoms with Crippen LogP contribution in [-0.2, 0) is 15.8 Å². The summed E-state index contributed by atoms with van der Waals surface area (Å²) in [7, 11) is 1.27. The maximum atomic E-state index is 12.8. The Morgan fingerprint density at radius 1 is 1.30 bits per heavy atom. The predicted octanol–water partition coefficient (Wildman–Crippen LogP) is 1.37. The van der Waals surface area contributed by atoms with Crippen LogP contribution in [0.4, 0.5) is 18.9 Å². The summed E-state index contributed by atoms with van der Waals surface area (Å²) < 4.78 is 43.3. The van der Waals surface area contributed by atoms with Crippen LogP contribution in [0.25, 0.3) is 0 Å². The number of hydrogen-bond acceptors (Lipinski definition) is 5. The fraction of sp³-hybridized carbons (Fsp3) is 0.286. The molecule has 23 heavy (non-hydrogen) atoms. The molecule has 1 aliphatic rings. The predicted molar refractivity (Wildman–Crippen MR) is 73.5 cm³/mol. The first-order valence-electron chi connectivity index (χ1n) is 6.48. The molecular weight excluding hydrogens is 317 g/mol. The summed E-state index contributed by atoms with van der Waals surface area (Å²) in [4.78, 5) is 24.4. The number of amides is 2. The monoisotopic (exact) mass is 330 g/mol. The minimum absolute atomic E-state index is 0.0831. The molecule has 0 saturated heterocycles. The number of nitrogens with zero attached hydrogens (tertiary/aromatic N) is 1. The number of aliphatic hydroxyl groups is 1. The molecule has 0 atom stereocenters. The molecule has 6 nitrogen and oxygen atoms in total. The van der Waals surface area contributed by atoms with E-state index in [-0.39, 0.29) is 23.7 Å². The molecule has 2 amide bonds. The van der Waals surface area contributed by atoms with Crippen molar-refractivity contribution in [1.82, 2.24) is 4.90 Å². The molecule has 2 rings (SSSR count). The van der Waals surface area contributed by atoms with Gasteiger partial charge in [0.25, 0.3) is 11.8 Å². The molecule has 2 N–H and O–H groups in total. The van der Waals surface area contributed by atoms with Crippen LogP contribution in [0.3, 0.4) is 0 Å². The van der Waals surface area contributed by atoms with Crippen molar-refractivity contribution in [2.45, 2.75) is 6.18 Å². The maximum Gasteiger partial charge on any atom is 0.416 e. The molecule has 0 saturated carbocycles. The molecule has 0 aromatic heterocycles. The van der Waals surface area contributed by atoms with Gasteiger partial charge < -0.3 is 15.2 Å². The zero-order chi connectivity index (χ0) is 17.2. The second-order valence-electron chi connectivity index (χ2n) is 4.61. The van der Waals surface area contributed by atoms with Crippen LogP contribution >= 0.6 is 0 Å². The summed E-state index contributed by atoms with van der Waals surface area (Å²) >= 11 is 0. The first-order valence-corrected chi connectivity index (χ1v) is 6.48. The van der Waals surface area contributed by atoms with Gasteiger partial charge in [-0.2, -0.15) is 13.2 Å². The van der Waals surface area contributed by atoms with Gasteiger partial charge in [-0.15, -0.1) is 0 Å². The lowest BCUT2D eigenvalue weighted by molar-refractivity contribution is -0.138. The molecule has 9 heteroatoms.